The highest BCUT2D eigenvalue weighted by atomic mass is 16.5. The molecule has 2 aliphatic carbocycles. The van der Waals surface area contributed by atoms with Crippen LogP contribution in [-0.4, -0.2) is 94.5 Å². The first-order valence-electron chi connectivity index (χ1n) is 16.4. The lowest BCUT2D eigenvalue weighted by molar-refractivity contribution is -0.965. The lowest BCUT2D eigenvalue weighted by atomic mass is 9.78. The van der Waals surface area contributed by atoms with Gasteiger partial charge in [0, 0.05) is 34.4 Å². The van der Waals surface area contributed by atoms with Crippen LogP contribution in [0, 0.1) is 29.6 Å². The molecule has 0 aromatic rings. The van der Waals surface area contributed by atoms with Crippen LogP contribution < -0.4 is 21.3 Å². The average molecular weight is 579 g/mol. The van der Waals surface area contributed by atoms with Gasteiger partial charge in [-0.1, -0.05) is 6.92 Å². The van der Waals surface area contributed by atoms with Crippen molar-refractivity contribution < 1.29 is 28.7 Å². The van der Waals surface area contributed by atoms with Gasteiger partial charge in [0.15, 0.2) is 12.3 Å². The monoisotopic (exact) mass is 578 g/mol. The molecule has 2 amide bonds. The maximum Gasteiger partial charge on any atom is 0.234 e. The van der Waals surface area contributed by atoms with E-state index in [9.17, 15) is 9.59 Å². The highest BCUT2D eigenvalue weighted by Crippen LogP contribution is 2.34. The molecular formula is C31H56N5O5+. The van der Waals surface area contributed by atoms with E-state index >= 15 is 0 Å². The van der Waals surface area contributed by atoms with Crippen molar-refractivity contribution in [3.63, 3.8) is 0 Å². The Labute approximate surface area is 246 Å². The molecule has 0 aromatic carbocycles. The van der Waals surface area contributed by atoms with E-state index in [2.05, 4.69) is 22.5 Å². The smallest absolute Gasteiger partial charge is 0.234 e. The number of nitrogens with one attached hydrogen (secondary N) is 3. The molecule has 10 unspecified atom stereocenters. The van der Waals surface area contributed by atoms with Crippen LogP contribution in [-0.2, 0) is 23.8 Å². The van der Waals surface area contributed by atoms with Crippen molar-refractivity contribution in [3.05, 3.63) is 0 Å². The summed E-state index contributed by atoms with van der Waals surface area (Å²) in [5.41, 5.74) is 7.01. The summed E-state index contributed by atoms with van der Waals surface area (Å²) in [6, 6.07) is 0. The number of likely N-dealkylation sites (tertiary alicyclic amines) is 1. The molecular weight excluding hydrogens is 522 g/mol. The van der Waals surface area contributed by atoms with Crippen LogP contribution in [0.3, 0.4) is 0 Å². The molecule has 41 heavy (non-hydrogen) atoms. The quantitative estimate of drug-likeness (QED) is 0.320. The topological polar surface area (TPSA) is 120 Å². The number of nitrogens with two attached hydrogens (primary N) is 1. The summed E-state index contributed by atoms with van der Waals surface area (Å²) in [7, 11) is 5.33. The van der Waals surface area contributed by atoms with Gasteiger partial charge in [0.1, 0.15) is 11.8 Å². The van der Waals surface area contributed by atoms with Crippen molar-refractivity contribution in [2.45, 2.75) is 114 Å². The number of methoxy groups -OCH3 is 3. The minimum Gasteiger partial charge on any atom is -0.381 e. The Hall–Kier alpha value is -1.30. The van der Waals surface area contributed by atoms with Gasteiger partial charge in [-0.2, -0.15) is 0 Å². The number of nitrogens with zero attached hydrogens (tertiary/aromatic N) is 1. The third-order valence-electron chi connectivity index (χ3n) is 11.4. The molecule has 3 heterocycles. The maximum absolute atomic E-state index is 13.9. The highest BCUT2D eigenvalue weighted by Gasteiger charge is 2.56. The Morgan fingerprint density at radius 3 is 2.44 bits per heavy atom. The van der Waals surface area contributed by atoms with Crippen LogP contribution >= 0.6 is 0 Å². The second-order valence-electron chi connectivity index (χ2n) is 13.7. The SMILES string of the molecule is COC1CCC(CNC(=O)C2CC3C(=O)N4CCCC(C)C4NC3[NH+](CCC3CCC(OC)C(OC)C3)C2N)CC1. The van der Waals surface area contributed by atoms with E-state index in [0.29, 0.717) is 36.8 Å². The molecule has 5 rings (SSSR count). The van der Waals surface area contributed by atoms with Crippen LogP contribution in [0.5, 0.6) is 0 Å². The molecule has 5 fully saturated rings. The molecule has 5 aliphatic rings. The highest BCUT2D eigenvalue weighted by molar-refractivity contribution is 5.84. The zero-order chi connectivity index (χ0) is 29.1. The number of fused-ring (bicyclic) bond motifs is 2. The number of carbonyl (C=O) groups is 2. The maximum atomic E-state index is 13.9. The summed E-state index contributed by atoms with van der Waals surface area (Å²) in [5, 5.41) is 7.16. The van der Waals surface area contributed by atoms with Gasteiger partial charge in [-0.15, -0.1) is 0 Å². The third kappa shape index (κ3) is 6.78. The largest absolute Gasteiger partial charge is 0.381 e. The Morgan fingerprint density at radius 1 is 1.00 bits per heavy atom. The number of piperidine rings is 2. The predicted molar refractivity (Wildman–Crippen MR) is 156 cm³/mol. The predicted octanol–water partition coefficient (Wildman–Crippen LogP) is 0.848. The van der Waals surface area contributed by atoms with Gasteiger partial charge in [0.25, 0.3) is 0 Å². The molecule has 2 saturated carbocycles. The molecule has 10 nitrogen and oxygen atoms in total. The molecule has 0 spiro atoms. The van der Waals surface area contributed by atoms with Gasteiger partial charge in [-0.05, 0) is 88.4 Å². The number of hydrogen-bond acceptors (Lipinski definition) is 7. The summed E-state index contributed by atoms with van der Waals surface area (Å²) in [5.74, 6) is 1.04. The first-order valence-corrected chi connectivity index (χ1v) is 16.4. The van der Waals surface area contributed by atoms with Crippen molar-refractivity contribution in [3.8, 4) is 0 Å². The lowest BCUT2D eigenvalue weighted by Crippen LogP contribution is -3.26. The average Bonchev–Trinajstić information content (AvgIpc) is 3.00. The standard InChI is InChI=1S/C31H55N5O5/c1-19-6-5-14-36-28(19)34-29-24(31(36)38)17-23(30(37)33-18-21-7-10-22(39-2)11-8-21)27(32)35(29)15-13-20-9-12-25(40-3)26(16-20)41-4/h19-29,34H,5-18,32H2,1-4H3,(H,33,37)/p+1. The molecule has 0 bridgehead atoms. The van der Waals surface area contributed by atoms with Gasteiger partial charge in [-0.25, -0.2) is 5.32 Å². The third-order valence-corrected chi connectivity index (χ3v) is 11.4. The Bertz CT molecular complexity index is 885. The normalized spacial score (nSPS) is 43.2. The van der Waals surface area contributed by atoms with Crippen LogP contribution in [0.15, 0.2) is 0 Å². The van der Waals surface area contributed by atoms with E-state index in [1.807, 2.05) is 0 Å². The van der Waals surface area contributed by atoms with Crippen molar-refractivity contribution in [2.24, 2.45) is 35.3 Å². The summed E-state index contributed by atoms with van der Waals surface area (Å²) in [4.78, 5) is 30.9. The van der Waals surface area contributed by atoms with E-state index in [1.165, 1.54) is 4.90 Å². The fourth-order valence-electron chi connectivity index (χ4n) is 8.71. The van der Waals surface area contributed by atoms with Crippen LogP contribution in [0.2, 0.25) is 0 Å². The second-order valence-corrected chi connectivity index (χ2v) is 13.7. The van der Waals surface area contributed by atoms with Crippen LogP contribution in [0.4, 0.5) is 0 Å². The number of carbonyl (C=O) groups excluding carboxylic acids is 2. The van der Waals surface area contributed by atoms with Gasteiger partial charge in [0.05, 0.1) is 31.0 Å². The summed E-state index contributed by atoms with van der Waals surface area (Å²) in [6.45, 7) is 4.57. The van der Waals surface area contributed by atoms with Crippen molar-refractivity contribution in [1.82, 2.24) is 15.5 Å². The molecule has 5 N–H and O–H groups in total. The minimum atomic E-state index is -0.373. The van der Waals surface area contributed by atoms with E-state index in [-0.39, 0.29) is 54.4 Å². The van der Waals surface area contributed by atoms with Gasteiger partial charge >= 0.3 is 0 Å². The van der Waals surface area contributed by atoms with Gasteiger partial charge in [-0.3, -0.25) is 15.3 Å². The second kappa shape index (κ2) is 14.0. The summed E-state index contributed by atoms with van der Waals surface area (Å²) >= 11 is 0. The first-order chi connectivity index (χ1) is 19.8. The number of amides is 2. The number of rotatable bonds is 9. The van der Waals surface area contributed by atoms with E-state index in [4.69, 9.17) is 19.9 Å². The number of hydrogen-bond donors (Lipinski definition) is 4. The molecule has 10 atom stereocenters. The van der Waals surface area contributed by atoms with Crippen molar-refractivity contribution >= 4 is 11.8 Å². The van der Waals surface area contributed by atoms with Crippen LogP contribution in [0.25, 0.3) is 0 Å². The van der Waals surface area contributed by atoms with Gasteiger partial charge < -0.3 is 29.3 Å². The molecule has 10 heteroatoms. The zero-order valence-electron chi connectivity index (χ0n) is 25.8. The zero-order valence-corrected chi connectivity index (χ0v) is 25.8. The van der Waals surface area contributed by atoms with Crippen LogP contribution in [0.1, 0.15) is 77.6 Å². The van der Waals surface area contributed by atoms with Gasteiger partial charge in [0.2, 0.25) is 11.8 Å². The van der Waals surface area contributed by atoms with E-state index in [1.54, 1.807) is 21.3 Å². The summed E-state index contributed by atoms with van der Waals surface area (Å²) < 4.78 is 16.9. The number of quaternary nitrogens is 1. The Balaban J connectivity index is 1.28. The van der Waals surface area contributed by atoms with Crippen molar-refractivity contribution in [1.29, 1.82) is 0 Å². The Kier molecular flexibility index (Phi) is 10.6. The molecule has 0 radical (unpaired) electrons. The minimum absolute atomic E-state index is 0.0179. The number of ether oxygens (including phenoxy) is 3. The van der Waals surface area contributed by atoms with E-state index in [0.717, 1.165) is 77.3 Å². The lowest BCUT2D eigenvalue weighted by Gasteiger charge is -2.54. The molecule has 234 valence electrons. The van der Waals surface area contributed by atoms with Crippen molar-refractivity contribution in [2.75, 3.05) is 41.0 Å². The molecule has 3 aliphatic heterocycles. The fourth-order valence-corrected chi connectivity index (χ4v) is 8.71. The Morgan fingerprint density at radius 2 is 1.73 bits per heavy atom. The first kappa shape index (κ1) is 31.1. The molecule has 3 saturated heterocycles. The van der Waals surface area contributed by atoms with E-state index < -0.39 is 0 Å². The fraction of sp³-hybridized carbons (Fsp3) is 0.935. The summed E-state index contributed by atoms with van der Waals surface area (Å²) in [6.07, 6.45) is 11.3. The molecule has 0 aromatic heterocycles.